The Morgan fingerprint density at radius 2 is 2.22 bits per heavy atom. The van der Waals surface area contributed by atoms with Crippen LogP contribution in [-0.4, -0.2) is 35.3 Å². The van der Waals surface area contributed by atoms with Crippen molar-refractivity contribution in [2.24, 2.45) is 5.73 Å². The van der Waals surface area contributed by atoms with Crippen molar-refractivity contribution in [1.29, 1.82) is 0 Å². The second-order valence-corrected chi connectivity index (χ2v) is 7.38. The van der Waals surface area contributed by atoms with Crippen LogP contribution in [-0.2, 0) is 10.0 Å². The van der Waals surface area contributed by atoms with Gasteiger partial charge in [0.05, 0.1) is 4.90 Å². The Bertz CT molecular complexity index is 851. The number of carbonyl (C=O) groups is 1. The minimum Gasteiger partial charge on any atom is -0.363 e. The molecule has 10 heteroatoms. The topological polar surface area (TPSA) is 119 Å². The highest BCUT2D eigenvalue weighted by Crippen LogP contribution is 2.36. The smallest absolute Gasteiger partial charge is 0.290 e. The van der Waals surface area contributed by atoms with E-state index in [0.717, 1.165) is 0 Å². The normalized spacial score (nSPS) is 19.1. The molecule has 1 aromatic carbocycles. The van der Waals surface area contributed by atoms with Gasteiger partial charge >= 0.3 is 0 Å². The van der Waals surface area contributed by atoms with E-state index >= 15 is 0 Å². The molecule has 2 heterocycles. The zero-order valence-electron chi connectivity index (χ0n) is 11.8. The van der Waals surface area contributed by atoms with Gasteiger partial charge in [0.2, 0.25) is 15.9 Å². The van der Waals surface area contributed by atoms with Gasteiger partial charge in [-0.1, -0.05) is 22.8 Å². The number of nitrogens with two attached hydrogens (primary N) is 1. The number of halogens is 1. The van der Waals surface area contributed by atoms with Crippen LogP contribution in [0.25, 0.3) is 0 Å². The predicted octanol–water partition coefficient (Wildman–Crippen LogP) is 1.35. The summed E-state index contributed by atoms with van der Waals surface area (Å²) in [6.45, 7) is 0.313. The van der Waals surface area contributed by atoms with E-state index in [2.05, 4.69) is 10.1 Å². The zero-order chi connectivity index (χ0) is 16.6. The largest absolute Gasteiger partial charge is 0.363 e. The molecule has 0 spiro atoms. The van der Waals surface area contributed by atoms with Crippen molar-refractivity contribution in [3.63, 3.8) is 0 Å². The van der Waals surface area contributed by atoms with Crippen molar-refractivity contribution >= 4 is 27.5 Å². The average molecular weight is 357 g/mol. The van der Waals surface area contributed by atoms with Crippen LogP contribution in [0.2, 0.25) is 5.02 Å². The Labute approximate surface area is 137 Å². The SMILES string of the molecule is NC(=O)c1noc(C2CCCN2S(=O)(=O)c2cccc(Cl)c2)n1. The molecule has 1 atom stereocenters. The van der Waals surface area contributed by atoms with Crippen molar-refractivity contribution in [2.75, 3.05) is 6.54 Å². The molecule has 122 valence electrons. The fraction of sp³-hybridized carbons (Fsp3) is 0.308. The molecule has 1 aromatic heterocycles. The molecule has 0 radical (unpaired) electrons. The number of aromatic nitrogens is 2. The van der Waals surface area contributed by atoms with Crippen LogP contribution in [0.3, 0.4) is 0 Å². The quantitative estimate of drug-likeness (QED) is 0.882. The molecule has 0 saturated carbocycles. The van der Waals surface area contributed by atoms with E-state index in [1.165, 1.54) is 16.4 Å². The lowest BCUT2D eigenvalue weighted by Gasteiger charge is -2.21. The molecule has 1 saturated heterocycles. The van der Waals surface area contributed by atoms with Gasteiger partial charge in [-0.25, -0.2) is 8.42 Å². The second kappa shape index (κ2) is 5.91. The Morgan fingerprint density at radius 3 is 2.87 bits per heavy atom. The molecule has 0 aliphatic carbocycles. The molecular formula is C13H13ClN4O4S. The summed E-state index contributed by atoms with van der Waals surface area (Å²) in [5.74, 6) is -1.05. The summed E-state index contributed by atoms with van der Waals surface area (Å²) in [4.78, 5) is 15.0. The van der Waals surface area contributed by atoms with Gasteiger partial charge in [0.1, 0.15) is 6.04 Å². The van der Waals surface area contributed by atoms with E-state index in [1.54, 1.807) is 12.1 Å². The van der Waals surface area contributed by atoms with E-state index in [-0.39, 0.29) is 16.6 Å². The number of sulfonamides is 1. The average Bonchev–Trinajstić information content (AvgIpc) is 3.16. The molecule has 1 aliphatic heterocycles. The van der Waals surface area contributed by atoms with E-state index in [4.69, 9.17) is 21.9 Å². The van der Waals surface area contributed by atoms with Crippen molar-refractivity contribution in [2.45, 2.75) is 23.8 Å². The first-order valence-corrected chi connectivity index (χ1v) is 8.62. The first-order chi connectivity index (χ1) is 10.9. The standard InChI is InChI=1S/C13H13ClN4O4S/c14-8-3-1-4-9(7-8)23(20,21)18-6-2-5-10(18)13-16-12(11(15)19)17-22-13/h1,3-4,7,10H,2,5-6H2,(H2,15,19). The molecule has 8 nitrogen and oxygen atoms in total. The Hall–Kier alpha value is -1.97. The highest BCUT2D eigenvalue weighted by Gasteiger charge is 2.39. The van der Waals surface area contributed by atoms with Gasteiger partial charge < -0.3 is 10.3 Å². The lowest BCUT2D eigenvalue weighted by Crippen LogP contribution is -2.31. The molecule has 2 N–H and O–H groups in total. The van der Waals surface area contributed by atoms with E-state index < -0.39 is 22.0 Å². The molecule has 3 rings (SSSR count). The fourth-order valence-corrected chi connectivity index (χ4v) is 4.46. The Morgan fingerprint density at radius 1 is 1.43 bits per heavy atom. The van der Waals surface area contributed by atoms with Gasteiger partial charge in [0.25, 0.3) is 11.7 Å². The molecule has 1 aliphatic rings. The summed E-state index contributed by atoms with van der Waals surface area (Å²) < 4.78 is 31.9. The minimum absolute atomic E-state index is 0.0573. The maximum Gasteiger partial charge on any atom is 0.290 e. The number of primary amides is 1. The summed E-state index contributed by atoms with van der Waals surface area (Å²) in [6.07, 6.45) is 1.15. The Balaban J connectivity index is 1.96. The van der Waals surface area contributed by atoms with Crippen molar-refractivity contribution < 1.29 is 17.7 Å². The van der Waals surface area contributed by atoms with Crippen LogP contribution in [0, 0.1) is 0 Å². The van der Waals surface area contributed by atoms with E-state index in [9.17, 15) is 13.2 Å². The lowest BCUT2D eigenvalue weighted by atomic mass is 10.2. The number of hydrogen-bond donors (Lipinski definition) is 1. The summed E-state index contributed by atoms with van der Waals surface area (Å²) in [7, 11) is -3.76. The highest BCUT2D eigenvalue weighted by atomic mass is 35.5. The Kier molecular flexibility index (Phi) is 4.09. The van der Waals surface area contributed by atoms with Gasteiger partial charge in [-0.05, 0) is 31.0 Å². The molecule has 0 bridgehead atoms. The molecule has 2 aromatic rings. The van der Waals surface area contributed by atoms with Crippen molar-refractivity contribution in [1.82, 2.24) is 14.4 Å². The van der Waals surface area contributed by atoms with Crippen LogP contribution in [0.5, 0.6) is 0 Å². The number of amides is 1. The van der Waals surface area contributed by atoms with E-state index in [1.807, 2.05) is 0 Å². The molecular weight excluding hydrogens is 344 g/mol. The summed E-state index contributed by atoms with van der Waals surface area (Å²) in [5, 5.41) is 3.79. The summed E-state index contributed by atoms with van der Waals surface area (Å²) in [5.41, 5.74) is 5.08. The first kappa shape index (κ1) is 15.9. The number of nitrogens with zero attached hydrogens (tertiary/aromatic N) is 3. The van der Waals surface area contributed by atoms with Crippen molar-refractivity contribution in [3.8, 4) is 0 Å². The molecule has 1 unspecified atom stereocenters. The summed E-state index contributed by atoms with van der Waals surface area (Å²) >= 11 is 5.87. The molecule has 1 fully saturated rings. The fourth-order valence-electron chi connectivity index (χ4n) is 2.51. The van der Waals surface area contributed by atoms with Crippen LogP contribution in [0.1, 0.15) is 35.4 Å². The third-order valence-corrected chi connectivity index (χ3v) is 5.69. The van der Waals surface area contributed by atoms with Gasteiger partial charge in [0, 0.05) is 11.6 Å². The van der Waals surface area contributed by atoms with Crippen LogP contribution in [0.4, 0.5) is 0 Å². The first-order valence-electron chi connectivity index (χ1n) is 6.80. The highest BCUT2D eigenvalue weighted by molar-refractivity contribution is 7.89. The number of rotatable bonds is 4. The lowest BCUT2D eigenvalue weighted by molar-refractivity contribution is 0.0987. The predicted molar refractivity (Wildman–Crippen MR) is 80.1 cm³/mol. The van der Waals surface area contributed by atoms with Crippen LogP contribution < -0.4 is 5.73 Å². The number of hydrogen-bond acceptors (Lipinski definition) is 6. The minimum atomic E-state index is -3.76. The third kappa shape index (κ3) is 2.94. The van der Waals surface area contributed by atoms with Crippen LogP contribution in [0.15, 0.2) is 33.7 Å². The monoisotopic (exact) mass is 356 g/mol. The van der Waals surface area contributed by atoms with Gasteiger partial charge in [-0.2, -0.15) is 9.29 Å². The maximum absolute atomic E-state index is 12.8. The van der Waals surface area contributed by atoms with Gasteiger partial charge in [-0.15, -0.1) is 0 Å². The third-order valence-electron chi connectivity index (χ3n) is 3.55. The number of benzene rings is 1. The van der Waals surface area contributed by atoms with Gasteiger partial charge in [-0.3, -0.25) is 4.79 Å². The second-order valence-electron chi connectivity index (χ2n) is 5.05. The number of carbonyl (C=O) groups excluding carboxylic acids is 1. The molecule has 1 amide bonds. The maximum atomic E-state index is 12.8. The molecule has 23 heavy (non-hydrogen) atoms. The van der Waals surface area contributed by atoms with Crippen LogP contribution >= 0.6 is 11.6 Å². The van der Waals surface area contributed by atoms with Crippen molar-refractivity contribution in [3.05, 3.63) is 41.0 Å². The zero-order valence-corrected chi connectivity index (χ0v) is 13.4. The van der Waals surface area contributed by atoms with E-state index in [0.29, 0.717) is 24.4 Å². The van der Waals surface area contributed by atoms with Gasteiger partial charge in [0.15, 0.2) is 0 Å². The summed E-state index contributed by atoms with van der Waals surface area (Å²) in [6, 6.07) is 5.39.